The van der Waals surface area contributed by atoms with Crippen LogP contribution in [0, 0.1) is 0 Å². The van der Waals surface area contributed by atoms with Crippen LogP contribution in [0.2, 0.25) is 0 Å². The van der Waals surface area contributed by atoms with E-state index in [-0.39, 0.29) is 5.78 Å². The Balaban J connectivity index is 1.85. The molecule has 0 bridgehead atoms. The Morgan fingerprint density at radius 1 is 0.762 bits per heavy atom. The van der Waals surface area contributed by atoms with Crippen LogP contribution in [-0.2, 0) is 6.54 Å². The lowest BCUT2D eigenvalue weighted by atomic mass is 10.0. The number of pyridine rings is 1. The van der Waals surface area contributed by atoms with Crippen LogP contribution in [0.3, 0.4) is 0 Å². The third-order valence-electron chi connectivity index (χ3n) is 3.37. The number of carbonyl (C=O) groups excluding carboxylic acids is 1. The summed E-state index contributed by atoms with van der Waals surface area (Å²) in [5.41, 5.74) is 2.57. The summed E-state index contributed by atoms with van der Waals surface area (Å²) in [5, 5.41) is 0. The van der Waals surface area contributed by atoms with Gasteiger partial charge in [0.25, 0.3) is 0 Å². The van der Waals surface area contributed by atoms with Gasteiger partial charge in [-0.05, 0) is 6.07 Å². The van der Waals surface area contributed by atoms with Crippen LogP contribution in [0.1, 0.15) is 21.5 Å². The summed E-state index contributed by atoms with van der Waals surface area (Å²) >= 11 is 0. The first-order valence-corrected chi connectivity index (χ1v) is 6.96. The van der Waals surface area contributed by atoms with E-state index in [0.29, 0.717) is 0 Å². The van der Waals surface area contributed by atoms with Crippen molar-refractivity contribution >= 4 is 5.78 Å². The summed E-state index contributed by atoms with van der Waals surface area (Å²) < 4.78 is 2.09. The molecule has 1 aromatic heterocycles. The number of carbonyl (C=O) groups is 1. The van der Waals surface area contributed by atoms with E-state index in [1.54, 1.807) is 0 Å². The summed E-state index contributed by atoms with van der Waals surface area (Å²) in [6.07, 6.45) is 4.04. The highest BCUT2D eigenvalue weighted by molar-refractivity contribution is 6.09. The molecule has 0 radical (unpaired) electrons. The third kappa shape index (κ3) is 3.23. The first kappa shape index (κ1) is 13.3. The molecule has 0 aliphatic carbocycles. The number of hydrogen-bond acceptors (Lipinski definition) is 1. The maximum absolute atomic E-state index is 12.4. The van der Waals surface area contributed by atoms with Gasteiger partial charge in [0, 0.05) is 28.8 Å². The average molecular weight is 274 g/mol. The van der Waals surface area contributed by atoms with Crippen molar-refractivity contribution in [1.29, 1.82) is 0 Å². The van der Waals surface area contributed by atoms with Gasteiger partial charge in [-0.3, -0.25) is 4.79 Å². The van der Waals surface area contributed by atoms with Gasteiger partial charge in [-0.2, -0.15) is 0 Å². The molecule has 0 spiro atoms. The quantitative estimate of drug-likeness (QED) is 0.528. The van der Waals surface area contributed by atoms with Crippen LogP contribution < -0.4 is 4.57 Å². The molecule has 0 N–H and O–H groups in total. The summed E-state index contributed by atoms with van der Waals surface area (Å²) in [4.78, 5) is 12.4. The SMILES string of the molecule is O=C(c1ccccc1)c1cccc(C[n+]2ccccc2)c1. The van der Waals surface area contributed by atoms with Crippen LogP contribution in [0.15, 0.2) is 85.2 Å². The highest BCUT2D eigenvalue weighted by Gasteiger charge is 2.10. The molecule has 0 atom stereocenters. The molecular formula is C19H16NO+. The highest BCUT2D eigenvalue weighted by atomic mass is 16.1. The normalized spacial score (nSPS) is 10.3. The lowest BCUT2D eigenvalue weighted by molar-refractivity contribution is -0.688. The van der Waals surface area contributed by atoms with E-state index in [1.807, 2.05) is 85.2 Å². The molecule has 0 saturated heterocycles. The van der Waals surface area contributed by atoms with E-state index < -0.39 is 0 Å². The van der Waals surface area contributed by atoms with E-state index >= 15 is 0 Å². The summed E-state index contributed by atoms with van der Waals surface area (Å²) in [5.74, 6) is 0.0653. The molecule has 0 saturated carbocycles. The predicted molar refractivity (Wildman–Crippen MR) is 82.1 cm³/mol. The van der Waals surface area contributed by atoms with Crippen molar-refractivity contribution in [3.63, 3.8) is 0 Å². The van der Waals surface area contributed by atoms with Gasteiger partial charge < -0.3 is 0 Å². The van der Waals surface area contributed by atoms with Crippen molar-refractivity contribution in [2.45, 2.75) is 6.54 Å². The van der Waals surface area contributed by atoms with E-state index in [1.165, 1.54) is 0 Å². The zero-order valence-corrected chi connectivity index (χ0v) is 11.6. The molecule has 102 valence electrons. The third-order valence-corrected chi connectivity index (χ3v) is 3.37. The zero-order valence-electron chi connectivity index (χ0n) is 11.6. The smallest absolute Gasteiger partial charge is 0.193 e. The van der Waals surface area contributed by atoms with Crippen molar-refractivity contribution in [3.8, 4) is 0 Å². The van der Waals surface area contributed by atoms with Crippen LogP contribution in [0.25, 0.3) is 0 Å². The molecule has 3 aromatic rings. The van der Waals surface area contributed by atoms with E-state index in [9.17, 15) is 4.79 Å². The minimum Gasteiger partial charge on any atom is -0.289 e. The van der Waals surface area contributed by atoms with Gasteiger partial charge in [0.15, 0.2) is 24.7 Å². The van der Waals surface area contributed by atoms with Gasteiger partial charge in [0.05, 0.1) is 0 Å². The van der Waals surface area contributed by atoms with Crippen molar-refractivity contribution in [3.05, 3.63) is 102 Å². The minimum absolute atomic E-state index is 0.0653. The number of hydrogen-bond donors (Lipinski definition) is 0. The Bertz CT molecular complexity index is 736. The Morgan fingerprint density at radius 2 is 1.43 bits per heavy atom. The molecule has 21 heavy (non-hydrogen) atoms. The van der Waals surface area contributed by atoms with Gasteiger partial charge in [-0.15, -0.1) is 0 Å². The standard InChI is InChI=1S/C19H16NO/c21-19(17-9-3-1-4-10-17)18-11-7-8-16(14-18)15-20-12-5-2-6-13-20/h1-14H,15H2/q+1. The fourth-order valence-corrected chi connectivity index (χ4v) is 2.32. The molecule has 2 aromatic carbocycles. The number of rotatable bonds is 4. The zero-order chi connectivity index (χ0) is 14.5. The molecule has 3 rings (SSSR count). The lowest BCUT2D eigenvalue weighted by Gasteiger charge is -2.03. The van der Waals surface area contributed by atoms with Crippen molar-refractivity contribution in [2.24, 2.45) is 0 Å². The first-order valence-electron chi connectivity index (χ1n) is 6.96. The van der Waals surface area contributed by atoms with E-state index in [4.69, 9.17) is 0 Å². The van der Waals surface area contributed by atoms with Crippen LogP contribution in [-0.4, -0.2) is 5.78 Å². The van der Waals surface area contributed by atoms with Gasteiger partial charge >= 0.3 is 0 Å². The second kappa shape index (κ2) is 6.14. The first-order chi connectivity index (χ1) is 10.3. The average Bonchev–Trinajstić information content (AvgIpc) is 2.56. The molecule has 0 aliphatic rings. The largest absolute Gasteiger partial charge is 0.289 e. The molecule has 1 heterocycles. The van der Waals surface area contributed by atoms with E-state index in [0.717, 1.165) is 23.2 Å². The Hall–Kier alpha value is -2.74. The topological polar surface area (TPSA) is 20.9 Å². The molecule has 2 nitrogen and oxygen atoms in total. The monoisotopic (exact) mass is 274 g/mol. The molecule has 0 fully saturated rings. The molecule has 0 aliphatic heterocycles. The second-order valence-corrected chi connectivity index (χ2v) is 4.94. The van der Waals surface area contributed by atoms with E-state index in [2.05, 4.69) is 4.57 Å². The maximum Gasteiger partial charge on any atom is 0.193 e. The second-order valence-electron chi connectivity index (χ2n) is 4.94. The van der Waals surface area contributed by atoms with Gasteiger partial charge in [0.1, 0.15) is 0 Å². The summed E-state index contributed by atoms with van der Waals surface area (Å²) in [6, 6.07) is 23.2. The van der Waals surface area contributed by atoms with Gasteiger partial charge in [0.2, 0.25) is 0 Å². The van der Waals surface area contributed by atoms with Crippen LogP contribution >= 0.6 is 0 Å². The Labute approximate surface area is 124 Å². The molecule has 2 heteroatoms. The molecule has 0 amide bonds. The molecular weight excluding hydrogens is 258 g/mol. The predicted octanol–water partition coefficient (Wildman–Crippen LogP) is 3.25. The van der Waals surface area contributed by atoms with Gasteiger partial charge in [-0.25, -0.2) is 4.57 Å². The van der Waals surface area contributed by atoms with Crippen molar-refractivity contribution in [1.82, 2.24) is 0 Å². The lowest BCUT2D eigenvalue weighted by Crippen LogP contribution is -2.32. The summed E-state index contributed by atoms with van der Waals surface area (Å²) in [7, 11) is 0. The number of nitrogens with zero attached hydrogens (tertiary/aromatic N) is 1. The van der Waals surface area contributed by atoms with Crippen LogP contribution in [0.5, 0.6) is 0 Å². The Kier molecular flexibility index (Phi) is 3.88. The number of aromatic nitrogens is 1. The minimum atomic E-state index is 0.0653. The Morgan fingerprint density at radius 3 is 2.19 bits per heavy atom. The number of benzene rings is 2. The fourth-order valence-electron chi connectivity index (χ4n) is 2.32. The van der Waals surface area contributed by atoms with Gasteiger partial charge in [-0.1, -0.05) is 54.6 Å². The van der Waals surface area contributed by atoms with Crippen molar-refractivity contribution in [2.75, 3.05) is 0 Å². The van der Waals surface area contributed by atoms with Crippen LogP contribution in [0.4, 0.5) is 0 Å². The van der Waals surface area contributed by atoms with Crippen molar-refractivity contribution < 1.29 is 9.36 Å². The highest BCUT2D eigenvalue weighted by Crippen LogP contribution is 2.11. The molecule has 0 unspecified atom stereocenters. The fraction of sp³-hybridized carbons (Fsp3) is 0.0526. The number of ketones is 1. The maximum atomic E-state index is 12.4. The summed E-state index contributed by atoms with van der Waals surface area (Å²) in [6.45, 7) is 0.761.